The molecule has 1 saturated heterocycles. The van der Waals surface area contributed by atoms with Gasteiger partial charge in [0.15, 0.2) is 6.10 Å². The summed E-state index contributed by atoms with van der Waals surface area (Å²) in [5.41, 5.74) is 6.98. The molecule has 0 unspecified atom stereocenters. The topological polar surface area (TPSA) is 55.6 Å². The van der Waals surface area contributed by atoms with E-state index in [1.807, 2.05) is 30.9 Å². The zero-order valence-electron chi connectivity index (χ0n) is 12.8. The van der Waals surface area contributed by atoms with Crippen molar-refractivity contribution in [2.45, 2.75) is 51.8 Å². The van der Waals surface area contributed by atoms with Gasteiger partial charge in [-0.25, -0.2) is 0 Å². The summed E-state index contributed by atoms with van der Waals surface area (Å²) in [6.07, 6.45) is 1.12. The molecule has 1 aliphatic rings. The summed E-state index contributed by atoms with van der Waals surface area (Å²) in [6, 6.07) is 5.88. The van der Waals surface area contributed by atoms with Gasteiger partial charge < -0.3 is 15.4 Å². The summed E-state index contributed by atoms with van der Waals surface area (Å²) in [6.45, 7) is 6.45. The Labute approximate surface area is 131 Å². The van der Waals surface area contributed by atoms with Crippen molar-refractivity contribution in [3.63, 3.8) is 0 Å². The predicted molar refractivity (Wildman–Crippen MR) is 84.7 cm³/mol. The van der Waals surface area contributed by atoms with E-state index in [0.717, 1.165) is 18.4 Å². The van der Waals surface area contributed by atoms with Crippen LogP contribution in [0.4, 0.5) is 0 Å². The van der Waals surface area contributed by atoms with Crippen LogP contribution in [0.25, 0.3) is 0 Å². The Bertz CT molecular complexity index is 521. The highest BCUT2D eigenvalue weighted by atomic mass is 35.5. The normalized spacial score (nSPS) is 23.8. The zero-order valence-corrected chi connectivity index (χ0v) is 13.6. The standard InChI is InChI=1S/C16H23ClN2O2/c1-10-4-5-14(17)15(8-10)21-12(3)16(20)19-7-6-13(18)9-11(19)2/h4-5,8,11-13H,6-7,9,18H2,1-3H3/t11-,12+,13+/m0/s1. The first-order chi connectivity index (χ1) is 9.88. The van der Waals surface area contributed by atoms with E-state index >= 15 is 0 Å². The van der Waals surface area contributed by atoms with Crippen molar-refractivity contribution in [3.8, 4) is 5.75 Å². The molecule has 3 atom stereocenters. The number of carbonyl (C=O) groups excluding carboxylic acids is 1. The Morgan fingerprint density at radius 3 is 2.90 bits per heavy atom. The van der Waals surface area contributed by atoms with Gasteiger partial charge in [-0.05, 0) is 51.3 Å². The van der Waals surface area contributed by atoms with Crippen LogP contribution in [0.15, 0.2) is 18.2 Å². The second-order valence-electron chi connectivity index (χ2n) is 5.86. The molecule has 0 aromatic heterocycles. The molecule has 1 aromatic rings. The van der Waals surface area contributed by atoms with Crippen LogP contribution in [0.1, 0.15) is 32.3 Å². The molecule has 21 heavy (non-hydrogen) atoms. The van der Waals surface area contributed by atoms with Gasteiger partial charge in [0.1, 0.15) is 5.75 Å². The Morgan fingerprint density at radius 1 is 1.52 bits per heavy atom. The molecular formula is C16H23ClN2O2. The van der Waals surface area contributed by atoms with Gasteiger partial charge >= 0.3 is 0 Å². The van der Waals surface area contributed by atoms with Crippen LogP contribution in [-0.2, 0) is 4.79 Å². The summed E-state index contributed by atoms with van der Waals surface area (Å²) < 4.78 is 5.76. The number of ether oxygens (including phenoxy) is 1. The fourth-order valence-electron chi connectivity index (χ4n) is 2.71. The molecular weight excluding hydrogens is 288 g/mol. The Balaban J connectivity index is 2.04. The van der Waals surface area contributed by atoms with E-state index in [1.54, 1.807) is 13.0 Å². The van der Waals surface area contributed by atoms with E-state index in [2.05, 4.69) is 0 Å². The maximum absolute atomic E-state index is 12.5. The molecule has 2 N–H and O–H groups in total. The lowest BCUT2D eigenvalue weighted by Gasteiger charge is -2.37. The minimum Gasteiger partial charge on any atom is -0.479 e. The van der Waals surface area contributed by atoms with Crippen LogP contribution < -0.4 is 10.5 Å². The van der Waals surface area contributed by atoms with Crippen LogP contribution in [0.2, 0.25) is 5.02 Å². The molecule has 5 heteroatoms. The first-order valence-electron chi connectivity index (χ1n) is 7.37. The molecule has 2 rings (SSSR count). The number of benzene rings is 1. The molecule has 1 amide bonds. The Morgan fingerprint density at radius 2 is 2.24 bits per heavy atom. The molecule has 0 spiro atoms. The smallest absolute Gasteiger partial charge is 0.263 e. The predicted octanol–water partition coefficient (Wildman–Crippen LogP) is 2.75. The van der Waals surface area contributed by atoms with Gasteiger partial charge in [-0.1, -0.05) is 17.7 Å². The van der Waals surface area contributed by atoms with E-state index in [-0.39, 0.29) is 18.0 Å². The van der Waals surface area contributed by atoms with Crippen molar-refractivity contribution in [3.05, 3.63) is 28.8 Å². The van der Waals surface area contributed by atoms with Crippen molar-refractivity contribution in [1.29, 1.82) is 0 Å². The fraction of sp³-hybridized carbons (Fsp3) is 0.562. The number of rotatable bonds is 3. The summed E-state index contributed by atoms with van der Waals surface area (Å²) in [5, 5.41) is 0.522. The molecule has 116 valence electrons. The van der Waals surface area contributed by atoms with Crippen molar-refractivity contribution in [2.24, 2.45) is 5.73 Å². The van der Waals surface area contributed by atoms with Crippen molar-refractivity contribution in [2.75, 3.05) is 6.54 Å². The lowest BCUT2D eigenvalue weighted by molar-refractivity contribution is -0.141. The average Bonchev–Trinajstić information content (AvgIpc) is 2.42. The third-order valence-electron chi connectivity index (χ3n) is 3.94. The number of aryl methyl sites for hydroxylation is 1. The molecule has 0 radical (unpaired) electrons. The van der Waals surface area contributed by atoms with E-state index in [0.29, 0.717) is 17.3 Å². The lowest BCUT2D eigenvalue weighted by atomic mass is 9.98. The number of hydrogen-bond acceptors (Lipinski definition) is 3. The monoisotopic (exact) mass is 310 g/mol. The second kappa shape index (κ2) is 6.67. The number of likely N-dealkylation sites (tertiary alicyclic amines) is 1. The number of nitrogens with zero attached hydrogens (tertiary/aromatic N) is 1. The number of nitrogens with two attached hydrogens (primary N) is 1. The number of carbonyl (C=O) groups is 1. The third-order valence-corrected chi connectivity index (χ3v) is 4.25. The fourth-order valence-corrected chi connectivity index (χ4v) is 2.87. The van der Waals surface area contributed by atoms with Gasteiger partial charge in [-0.3, -0.25) is 4.79 Å². The van der Waals surface area contributed by atoms with Crippen LogP contribution in [0, 0.1) is 6.92 Å². The van der Waals surface area contributed by atoms with Crippen LogP contribution >= 0.6 is 11.6 Å². The largest absolute Gasteiger partial charge is 0.479 e. The molecule has 1 heterocycles. The van der Waals surface area contributed by atoms with Crippen LogP contribution in [0.5, 0.6) is 5.75 Å². The van der Waals surface area contributed by atoms with Gasteiger partial charge in [-0.2, -0.15) is 0 Å². The quantitative estimate of drug-likeness (QED) is 0.934. The van der Waals surface area contributed by atoms with Crippen LogP contribution in [0.3, 0.4) is 0 Å². The molecule has 0 bridgehead atoms. The van der Waals surface area contributed by atoms with Gasteiger partial charge in [0.05, 0.1) is 5.02 Å². The SMILES string of the molecule is Cc1ccc(Cl)c(O[C@H](C)C(=O)N2CC[C@@H](N)C[C@@H]2C)c1. The number of piperidine rings is 1. The first-order valence-corrected chi connectivity index (χ1v) is 7.75. The summed E-state index contributed by atoms with van der Waals surface area (Å²) in [4.78, 5) is 14.4. The number of hydrogen-bond donors (Lipinski definition) is 1. The molecule has 0 aliphatic carbocycles. The molecule has 1 aliphatic heterocycles. The average molecular weight is 311 g/mol. The molecule has 4 nitrogen and oxygen atoms in total. The second-order valence-corrected chi connectivity index (χ2v) is 6.27. The Hall–Kier alpha value is -1.26. The van der Waals surface area contributed by atoms with Gasteiger partial charge in [0.25, 0.3) is 5.91 Å². The minimum atomic E-state index is -0.555. The van der Waals surface area contributed by atoms with Gasteiger partial charge in [0.2, 0.25) is 0 Å². The van der Waals surface area contributed by atoms with Crippen LogP contribution in [-0.4, -0.2) is 35.5 Å². The maximum atomic E-state index is 12.5. The Kier molecular flexibility index (Phi) is 5.12. The van der Waals surface area contributed by atoms with E-state index in [1.165, 1.54) is 0 Å². The maximum Gasteiger partial charge on any atom is 0.263 e. The minimum absolute atomic E-state index is 0.00743. The molecule has 0 saturated carbocycles. The summed E-state index contributed by atoms with van der Waals surface area (Å²) in [7, 11) is 0. The zero-order chi connectivity index (χ0) is 15.6. The van der Waals surface area contributed by atoms with E-state index < -0.39 is 6.10 Å². The van der Waals surface area contributed by atoms with Crippen molar-refractivity contribution < 1.29 is 9.53 Å². The van der Waals surface area contributed by atoms with Crippen molar-refractivity contribution in [1.82, 2.24) is 4.90 Å². The third kappa shape index (κ3) is 3.89. The number of amides is 1. The van der Waals surface area contributed by atoms with E-state index in [4.69, 9.17) is 22.1 Å². The number of halogens is 1. The van der Waals surface area contributed by atoms with Gasteiger partial charge in [0, 0.05) is 18.6 Å². The van der Waals surface area contributed by atoms with Gasteiger partial charge in [-0.15, -0.1) is 0 Å². The van der Waals surface area contributed by atoms with E-state index in [9.17, 15) is 4.79 Å². The molecule has 1 fully saturated rings. The highest BCUT2D eigenvalue weighted by Gasteiger charge is 2.30. The molecule has 1 aromatic carbocycles. The highest BCUT2D eigenvalue weighted by molar-refractivity contribution is 6.32. The highest BCUT2D eigenvalue weighted by Crippen LogP contribution is 2.27. The van der Waals surface area contributed by atoms with Crippen molar-refractivity contribution >= 4 is 17.5 Å². The summed E-state index contributed by atoms with van der Waals surface area (Å²) in [5.74, 6) is 0.547. The lowest BCUT2D eigenvalue weighted by Crippen LogP contribution is -2.51. The first kappa shape index (κ1) is 16.1. The summed E-state index contributed by atoms with van der Waals surface area (Å²) >= 11 is 6.11.